The zero-order valence-electron chi connectivity index (χ0n) is 13.7. The molecule has 2 unspecified atom stereocenters. The monoisotopic (exact) mass is 327 g/mol. The maximum atomic E-state index is 12.4. The van der Waals surface area contributed by atoms with E-state index in [2.05, 4.69) is 10.1 Å². The lowest BCUT2D eigenvalue weighted by molar-refractivity contribution is 0.0418. The van der Waals surface area contributed by atoms with Crippen molar-refractivity contribution in [1.29, 1.82) is 0 Å². The normalized spacial score (nSPS) is 21.8. The number of aromatic nitrogens is 1. The van der Waals surface area contributed by atoms with Gasteiger partial charge in [0.15, 0.2) is 0 Å². The van der Waals surface area contributed by atoms with Gasteiger partial charge in [0.2, 0.25) is 5.76 Å². The molecule has 1 aliphatic heterocycles. The minimum Gasteiger partial charge on any atom is -0.396 e. The topological polar surface area (TPSA) is 99.0 Å². The van der Waals surface area contributed by atoms with Gasteiger partial charge in [-0.05, 0) is 25.3 Å². The van der Waals surface area contributed by atoms with Crippen molar-refractivity contribution >= 4 is 5.91 Å². The molecule has 0 aliphatic carbocycles. The number of methoxy groups -OCH3 is 1. The molecule has 130 valence electrons. The Morgan fingerprint density at radius 2 is 2.26 bits per heavy atom. The van der Waals surface area contributed by atoms with Gasteiger partial charge in [-0.15, -0.1) is 0 Å². The number of nitrogens with one attached hydrogen (secondary N) is 1. The number of hydrogen-bond donors (Lipinski definition) is 2. The number of likely N-dealkylation sites (tertiary alicyclic amines) is 1. The van der Waals surface area contributed by atoms with Crippen LogP contribution in [0.1, 0.15) is 17.0 Å². The van der Waals surface area contributed by atoms with Crippen LogP contribution in [0.3, 0.4) is 0 Å². The van der Waals surface area contributed by atoms with Gasteiger partial charge in [0.05, 0.1) is 12.7 Å². The molecule has 2 atom stereocenters. The summed E-state index contributed by atoms with van der Waals surface area (Å²) in [5.74, 6) is 0.00248. The average Bonchev–Trinajstić information content (AvgIpc) is 2.98. The van der Waals surface area contributed by atoms with Crippen molar-refractivity contribution in [3.05, 3.63) is 22.2 Å². The number of aliphatic hydroxyl groups excluding tert-OH is 1. The lowest BCUT2D eigenvalue weighted by atomic mass is 9.89. The van der Waals surface area contributed by atoms with Crippen molar-refractivity contribution in [3.63, 3.8) is 0 Å². The van der Waals surface area contributed by atoms with Crippen LogP contribution in [0, 0.1) is 11.8 Å². The molecule has 1 aromatic rings. The van der Waals surface area contributed by atoms with E-state index in [1.54, 1.807) is 12.0 Å². The molecule has 1 aromatic heterocycles. The number of H-pyrrole nitrogens is 1. The number of ether oxygens (including phenoxy) is 1. The largest absolute Gasteiger partial charge is 0.396 e. The molecule has 8 nitrogen and oxygen atoms in total. The summed E-state index contributed by atoms with van der Waals surface area (Å²) in [6, 6.07) is 1.16. The number of carbonyl (C=O) groups excluding carboxylic acids is 1. The summed E-state index contributed by atoms with van der Waals surface area (Å²) < 4.78 is 9.97. The van der Waals surface area contributed by atoms with Crippen molar-refractivity contribution in [2.45, 2.75) is 6.42 Å². The number of rotatable bonds is 7. The first-order valence-corrected chi connectivity index (χ1v) is 7.79. The number of aliphatic hydroxyl groups is 1. The molecule has 0 aromatic carbocycles. The van der Waals surface area contributed by atoms with E-state index in [9.17, 15) is 14.7 Å². The summed E-state index contributed by atoms with van der Waals surface area (Å²) in [6.07, 6.45) is 0.870. The van der Waals surface area contributed by atoms with Crippen LogP contribution < -0.4 is 5.56 Å². The van der Waals surface area contributed by atoms with E-state index >= 15 is 0 Å². The summed E-state index contributed by atoms with van der Waals surface area (Å²) in [5, 5.41) is 11.6. The minimum atomic E-state index is -0.431. The van der Waals surface area contributed by atoms with E-state index in [1.807, 2.05) is 7.05 Å². The van der Waals surface area contributed by atoms with Gasteiger partial charge in [0.25, 0.3) is 11.5 Å². The second-order valence-corrected chi connectivity index (χ2v) is 6.19. The Bertz CT molecular complexity index is 555. The number of nitrogens with zero attached hydrogens (tertiary/aromatic N) is 2. The van der Waals surface area contributed by atoms with Gasteiger partial charge in [0.1, 0.15) is 0 Å². The molecule has 2 N–H and O–H groups in total. The highest BCUT2D eigenvalue weighted by Crippen LogP contribution is 2.23. The number of hydrogen-bond acceptors (Lipinski definition) is 6. The highest BCUT2D eigenvalue weighted by atomic mass is 16.5. The fraction of sp³-hybridized carbons (Fsp3) is 0.733. The van der Waals surface area contributed by atoms with Gasteiger partial charge in [0, 0.05) is 39.9 Å². The lowest BCUT2D eigenvalue weighted by Crippen LogP contribution is -2.47. The van der Waals surface area contributed by atoms with E-state index in [0.29, 0.717) is 19.7 Å². The summed E-state index contributed by atoms with van der Waals surface area (Å²) in [4.78, 5) is 27.4. The molecule has 0 saturated carbocycles. The zero-order valence-corrected chi connectivity index (χ0v) is 13.7. The number of aromatic amines is 1. The number of amides is 1. The Morgan fingerprint density at radius 3 is 2.87 bits per heavy atom. The van der Waals surface area contributed by atoms with Gasteiger partial charge in [-0.2, -0.15) is 5.16 Å². The van der Waals surface area contributed by atoms with Crippen LogP contribution in [0.5, 0.6) is 0 Å². The molecule has 8 heteroatoms. The molecule has 0 radical (unpaired) electrons. The Morgan fingerprint density at radius 1 is 1.52 bits per heavy atom. The fourth-order valence-electron chi connectivity index (χ4n) is 3.07. The van der Waals surface area contributed by atoms with Crippen molar-refractivity contribution in [2.75, 3.05) is 53.6 Å². The highest BCUT2D eigenvalue weighted by Gasteiger charge is 2.32. The predicted octanol–water partition coefficient (Wildman–Crippen LogP) is -0.383. The van der Waals surface area contributed by atoms with E-state index < -0.39 is 5.56 Å². The van der Waals surface area contributed by atoms with Gasteiger partial charge in [-0.25, -0.2) is 0 Å². The van der Waals surface area contributed by atoms with E-state index in [-0.39, 0.29) is 30.1 Å². The van der Waals surface area contributed by atoms with Gasteiger partial charge >= 0.3 is 0 Å². The first-order chi connectivity index (χ1) is 11.0. The molecule has 23 heavy (non-hydrogen) atoms. The van der Waals surface area contributed by atoms with E-state index in [0.717, 1.165) is 25.6 Å². The van der Waals surface area contributed by atoms with E-state index in [1.165, 1.54) is 0 Å². The Hall–Kier alpha value is -1.64. The quantitative estimate of drug-likeness (QED) is 0.708. The van der Waals surface area contributed by atoms with Gasteiger partial charge < -0.3 is 24.2 Å². The van der Waals surface area contributed by atoms with Crippen LogP contribution in [0.25, 0.3) is 0 Å². The van der Waals surface area contributed by atoms with Crippen LogP contribution in [0.15, 0.2) is 15.4 Å². The first-order valence-electron chi connectivity index (χ1n) is 7.79. The van der Waals surface area contributed by atoms with Crippen LogP contribution in [0.4, 0.5) is 0 Å². The molecule has 1 fully saturated rings. The Balaban J connectivity index is 1.99. The molecule has 2 rings (SSSR count). The Labute approximate surface area is 135 Å². The summed E-state index contributed by atoms with van der Waals surface area (Å²) in [5.41, 5.74) is -0.431. The second-order valence-electron chi connectivity index (χ2n) is 6.19. The van der Waals surface area contributed by atoms with Crippen LogP contribution in [0.2, 0.25) is 0 Å². The summed E-state index contributed by atoms with van der Waals surface area (Å²) in [7, 11) is 3.68. The summed E-state index contributed by atoms with van der Waals surface area (Å²) >= 11 is 0. The van der Waals surface area contributed by atoms with Crippen LogP contribution >= 0.6 is 0 Å². The van der Waals surface area contributed by atoms with E-state index in [4.69, 9.17) is 9.26 Å². The highest BCUT2D eigenvalue weighted by molar-refractivity contribution is 5.91. The average molecular weight is 327 g/mol. The lowest BCUT2D eigenvalue weighted by Gasteiger charge is -2.38. The minimum absolute atomic E-state index is 0.0140. The van der Waals surface area contributed by atoms with Gasteiger partial charge in [-0.3, -0.25) is 9.59 Å². The SMILES string of the molecule is COCCN(C)CC1CC(CO)CN(C(=O)c2cc(=O)[nH]o2)C1. The molecule has 1 saturated heterocycles. The molecule has 1 amide bonds. The zero-order chi connectivity index (χ0) is 16.8. The fourth-order valence-corrected chi connectivity index (χ4v) is 3.07. The number of likely N-dealkylation sites (N-methyl/N-ethyl adjacent to an activating group) is 1. The molecular weight excluding hydrogens is 302 g/mol. The maximum Gasteiger partial charge on any atom is 0.292 e. The van der Waals surface area contributed by atoms with Crippen LogP contribution in [-0.4, -0.2) is 79.5 Å². The molecule has 0 spiro atoms. The van der Waals surface area contributed by atoms with Crippen molar-refractivity contribution in [1.82, 2.24) is 15.0 Å². The standard InChI is InChI=1S/C15H25N3O5/c1-17(3-4-22-2)7-11-5-12(10-19)9-18(8-11)15(21)13-6-14(20)16-23-13/h6,11-12,19H,3-5,7-10H2,1-2H3,(H,16,20). The molecule has 2 heterocycles. The predicted molar refractivity (Wildman–Crippen MR) is 83.3 cm³/mol. The van der Waals surface area contributed by atoms with Crippen molar-refractivity contribution in [3.8, 4) is 0 Å². The van der Waals surface area contributed by atoms with Gasteiger partial charge in [-0.1, -0.05) is 0 Å². The number of piperidine rings is 1. The maximum absolute atomic E-state index is 12.4. The Kier molecular flexibility index (Phi) is 6.37. The molecule has 1 aliphatic rings. The summed E-state index contributed by atoms with van der Waals surface area (Å²) in [6.45, 7) is 3.39. The second kappa shape index (κ2) is 8.28. The molecule has 0 bridgehead atoms. The third-order valence-electron chi connectivity index (χ3n) is 4.15. The smallest absolute Gasteiger partial charge is 0.292 e. The third kappa shape index (κ3) is 4.92. The van der Waals surface area contributed by atoms with Crippen LogP contribution in [-0.2, 0) is 4.74 Å². The third-order valence-corrected chi connectivity index (χ3v) is 4.15. The number of carbonyl (C=O) groups is 1. The molecular formula is C15H25N3O5. The first kappa shape index (κ1) is 17.7. The van der Waals surface area contributed by atoms with Crippen molar-refractivity contribution in [2.24, 2.45) is 11.8 Å². The van der Waals surface area contributed by atoms with Crippen molar-refractivity contribution < 1.29 is 19.2 Å².